The first-order chi connectivity index (χ1) is 17.8. The molecule has 0 aliphatic rings. The number of nitrogens with one attached hydrogen (secondary N) is 3. The van der Waals surface area contributed by atoms with Crippen molar-refractivity contribution < 1.29 is 18.3 Å². The summed E-state index contributed by atoms with van der Waals surface area (Å²) in [5.41, 5.74) is 6.58. The van der Waals surface area contributed by atoms with Crippen LogP contribution in [0.5, 0.6) is 5.88 Å². The minimum absolute atomic E-state index is 0.0185. The molecule has 13 heteroatoms. The van der Waals surface area contributed by atoms with Crippen molar-refractivity contribution in [3.05, 3.63) is 95.5 Å². The molecule has 1 amide bonds. The van der Waals surface area contributed by atoms with Crippen molar-refractivity contribution in [1.29, 1.82) is 0 Å². The number of sulfonamides is 1. The molecular weight excluding hydrogens is 514 g/mol. The van der Waals surface area contributed by atoms with Crippen LogP contribution in [0.3, 0.4) is 0 Å². The van der Waals surface area contributed by atoms with E-state index in [1.165, 1.54) is 12.1 Å². The van der Waals surface area contributed by atoms with Gasteiger partial charge >= 0.3 is 0 Å². The molecule has 0 saturated heterocycles. The predicted molar refractivity (Wildman–Crippen MR) is 141 cm³/mol. The van der Waals surface area contributed by atoms with Crippen LogP contribution in [0.15, 0.2) is 105 Å². The number of azo groups is 1. The van der Waals surface area contributed by atoms with Crippen LogP contribution in [0.1, 0.15) is 10.6 Å². The lowest BCUT2D eigenvalue weighted by Crippen LogP contribution is -2.45. The van der Waals surface area contributed by atoms with Gasteiger partial charge in [-0.2, -0.15) is 10.1 Å². The molecule has 0 spiro atoms. The number of aryl methyl sites for hydroxylation is 1. The van der Waals surface area contributed by atoms with Gasteiger partial charge in [0.15, 0.2) is 10.7 Å². The zero-order valence-electron chi connectivity index (χ0n) is 19.4. The van der Waals surface area contributed by atoms with Crippen molar-refractivity contribution in [3.63, 3.8) is 0 Å². The van der Waals surface area contributed by atoms with Gasteiger partial charge in [0.2, 0.25) is 5.00 Å². The first-order valence-corrected chi connectivity index (χ1v) is 13.1. The molecule has 188 valence electrons. The number of hydrogen-bond donors (Lipinski definition) is 4. The van der Waals surface area contributed by atoms with Crippen LogP contribution in [0.25, 0.3) is 0 Å². The van der Waals surface area contributed by atoms with Crippen LogP contribution in [-0.2, 0) is 14.8 Å². The van der Waals surface area contributed by atoms with Crippen LogP contribution < -0.4 is 15.7 Å². The average Bonchev–Trinajstić information content (AvgIpc) is 3.27. The van der Waals surface area contributed by atoms with Crippen molar-refractivity contribution in [2.75, 3.05) is 5.43 Å². The van der Waals surface area contributed by atoms with Crippen molar-refractivity contribution in [2.24, 2.45) is 15.3 Å². The van der Waals surface area contributed by atoms with E-state index in [4.69, 9.17) is 0 Å². The second-order valence-corrected chi connectivity index (χ2v) is 10.2. The van der Waals surface area contributed by atoms with Crippen molar-refractivity contribution in [1.82, 2.24) is 15.2 Å². The standard InChI is InChI=1S/C24H21N7O4S2/c1-16-12-14-19(15-13-16)37(34,35)31-29-21(32)20(28-26-17-8-4-2-5-9-17)23-25-22(33)24(36-23)30-27-18-10-6-3-7-11-18/h2-15,26,31,33H,1H3,(H,29,32)/b28-20-,30-27?. The first kappa shape index (κ1) is 25.6. The third kappa shape index (κ3) is 6.82. The topological polar surface area (TPSA) is 158 Å². The predicted octanol–water partition coefficient (Wildman–Crippen LogP) is 4.40. The van der Waals surface area contributed by atoms with E-state index in [0.717, 1.165) is 16.9 Å². The summed E-state index contributed by atoms with van der Waals surface area (Å²) in [5, 5.41) is 22.5. The highest BCUT2D eigenvalue weighted by Crippen LogP contribution is 2.34. The number of hydrazine groups is 1. The molecular formula is C24H21N7O4S2. The summed E-state index contributed by atoms with van der Waals surface area (Å²) in [7, 11) is -4.05. The maximum Gasteiger partial charge on any atom is 0.289 e. The van der Waals surface area contributed by atoms with Crippen LogP contribution in [-0.4, -0.2) is 30.1 Å². The zero-order chi connectivity index (χ0) is 26.3. The lowest BCUT2D eigenvalue weighted by Gasteiger charge is -2.09. The second-order valence-electron chi connectivity index (χ2n) is 7.49. The highest BCUT2D eigenvalue weighted by atomic mass is 32.2. The van der Waals surface area contributed by atoms with Gasteiger partial charge in [0.25, 0.3) is 21.8 Å². The Kier molecular flexibility index (Phi) is 7.98. The molecule has 11 nitrogen and oxygen atoms in total. The molecule has 0 aliphatic heterocycles. The highest BCUT2D eigenvalue weighted by molar-refractivity contribution is 7.89. The highest BCUT2D eigenvalue weighted by Gasteiger charge is 2.24. The minimum atomic E-state index is -4.05. The molecule has 37 heavy (non-hydrogen) atoms. The summed E-state index contributed by atoms with van der Waals surface area (Å²) in [6.45, 7) is 1.82. The number of nitrogens with zero attached hydrogens (tertiary/aromatic N) is 4. The van der Waals surface area contributed by atoms with Gasteiger partial charge in [-0.05, 0) is 43.3 Å². The molecule has 1 heterocycles. The van der Waals surface area contributed by atoms with Crippen molar-refractivity contribution >= 4 is 49.4 Å². The second kappa shape index (κ2) is 11.5. The number of benzene rings is 3. The van der Waals surface area contributed by atoms with E-state index in [9.17, 15) is 18.3 Å². The minimum Gasteiger partial charge on any atom is -0.491 e. The summed E-state index contributed by atoms with van der Waals surface area (Å²) in [6, 6.07) is 23.7. The van der Waals surface area contributed by atoms with Crippen LogP contribution in [0, 0.1) is 6.92 Å². The fourth-order valence-corrected chi connectivity index (χ4v) is 4.45. The molecule has 4 N–H and O–H groups in total. The molecule has 4 rings (SSSR count). The van der Waals surface area contributed by atoms with E-state index in [1.807, 2.05) is 23.9 Å². The molecule has 1 aromatic heterocycles. The van der Waals surface area contributed by atoms with E-state index < -0.39 is 21.8 Å². The molecule has 0 aliphatic carbocycles. The lowest BCUT2D eigenvalue weighted by molar-refractivity contribution is -0.115. The maximum atomic E-state index is 13.0. The molecule has 0 atom stereocenters. The quantitative estimate of drug-likeness (QED) is 0.141. The maximum absolute atomic E-state index is 13.0. The van der Waals surface area contributed by atoms with Gasteiger partial charge in [-0.3, -0.25) is 15.6 Å². The largest absolute Gasteiger partial charge is 0.491 e. The van der Waals surface area contributed by atoms with Gasteiger partial charge in [-0.25, -0.2) is 8.42 Å². The van der Waals surface area contributed by atoms with E-state index in [-0.39, 0.29) is 20.6 Å². The zero-order valence-corrected chi connectivity index (χ0v) is 21.0. The average molecular weight is 536 g/mol. The summed E-state index contributed by atoms with van der Waals surface area (Å²) in [5.74, 6) is -1.38. The Morgan fingerprint density at radius 1 is 0.919 bits per heavy atom. The molecule has 0 radical (unpaired) electrons. The molecule has 3 aromatic carbocycles. The SMILES string of the molecule is Cc1ccc(S(=O)(=O)NNC(=O)/C(=N/Nc2ccccc2)c2nc(O)c(N=Nc3ccccc3)s2)cc1. The van der Waals surface area contributed by atoms with E-state index in [2.05, 4.69) is 31.2 Å². The van der Waals surface area contributed by atoms with Crippen molar-refractivity contribution in [3.8, 4) is 5.88 Å². The van der Waals surface area contributed by atoms with Crippen LogP contribution >= 0.6 is 11.3 Å². The number of hydrogen-bond acceptors (Lipinski definition) is 10. The Bertz CT molecular complexity index is 1540. The Hall–Kier alpha value is -4.46. The normalized spacial score (nSPS) is 12.0. The smallest absolute Gasteiger partial charge is 0.289 e. The van der Waals surface area contributed by atoms with Gasteiger partial charge in [-0.15, -0.1) is 15.1 Å². The van der Waals surface area contributed by atoms with Crippen LogP contribution in [0.2, 0.25) is 0 Å². The number of aromatic hydroxyl groups is 1. The molecule has 4 aromatic rings. The van der Waals surface area contributed by atoms with Gasteiger partial charge in [0.05, 0.1) is 16.3 Å². The Labute approximate surface area is 216 Å². The Morgan fingerprint density at radius 3 is 2.24 bits per heavy atom. The monoisotopic (exact) mass is 535 g/mol. The lowest BCUT2D eigenvalue weighted by atomic mass is 10.2. The third-order valence-electron chi connectivity index (χ3n) is 4.72. The van der Waals surface area contributed by atoms with Gasteiger partial charge in [-0.1, -0.05) is 65.4 Å². The van der Waals surface area contributed by atoms with Crippen molar-refractivity contribution in [2.45, 2.75) is 11.8 Å². The number of thiazole rings is 1. The first-order valence-electron chi connectivity index (χ1n) is 10.8. The fraction of sp³-hybridized carbons (Fsp3) is 0.0417. The van der Waals surface area contributed by atoms with Gasteiger partial charge in [0.1, 0.15) is 0 Å². The number of aromatic nitrogens is 1. The number of carbonyl (C=O) groups is 1. The summed E-state index contributed by atoms with van der Waals surface area (Å²) in [4.78, 5) is 19.0. The number of amides is 1. The molecule has 0 fully saturated rings. The van der Waals surface area contributed by atoms with E-state index >= 15 is 0 Å². The number of carbonyl (C=O) groups excluding carboxylic acids is 1. The number of anilines is 1. The molecule has 0 unspecified atom stereocenters. The van der Waals surface area contributed by atoms with Gasteiger partial charge in [0, 0.05) is 0 Å². The summed E-state index contributed by atoms with van der Waals surface area (Å²) in [6.07, 6.45) is 0. The Morgan fingerprint density at radius 2 is 1.57 bits per heavy atom. The van der Waals surface area contributed by atoms with Gasteiger partial charge < -0.3 is 5.11 Å². The summed E-state index contributed by atoms with van der Waals surface area (Å²) >= 11 is 0.851. The summed E-state index contributed by atoms with van der Waals surface area (Å²) < 4.78 is 25.2. The number of rotatable bonds is 9. The van der Waals surface area contributed by atoms with E-state index in [0.29, 0.717) is 11.4 Å². The fourth-order valence-electron chi connectivity index (χ4n) is 2.85. The number of hydrazone groups is 1. The third-order valence-corrected chi connectivity index (χ3v) is 6.92. The molecule has 0 bridgehead atoms. The van der Waals surface area contributed by atoms with E-state index in [1.54, 1.807) is 60.7 Å². The number of para-hydroxylation sites is 1. The molecule has 0 saturated carbocycles. The Balaban J connectivity index is 1.59. The van der Waals surface area contributed by atoms with Crippen LogP contribution in [0.4, 0.5) is 16.4 Å².